The lowest BCUT2D eigenvalue weighted by molar-refractivity contribution is 0.476. The zero-order valence-electron chi connectivity index (χ0n) is 10.4. The molecule has 3 rings (SSSR count). The highest BCUT2D eigenvalue weighted by Gasteiger charge is 2.08. The Morgan fingerprint density at radius 3 is 2.55 bits per heavy atom. The second-order valence-electron chi connectivity index (χ2n) is 4.40. The van der Waals surface area contributed by atoms with Gasteiger partial charge in [-0.25, -0.2) is 0 Å². The van der Waals surface area contributed by atoms with Gasteiger partial charge in [-0.05, 0) is 18.2 Å². The Kier molecular flexibility index (Phi) is 3.47. The molecule has 2 aromatic carbocycles. The van der Waals surface area contributed by atoms with E-state index in [1.807, 2.05) is 24.3 Å². The Labute approximate surface area is 125 Å². The lowest BCUT2D eigenvalue weighted by Gasteiger charge is -2.08. The van der Waals surface area contributed by atoms with Crippen LogP contribution in [-0.4, -0.2) is 5.11 Å². The maximum Gasteiger partial charge on any atom is 0.152 e. The molecule has 102 valence electrons. The molecule has 0 spiro atoms. The fourth-order valence-corrected chi connectivity index (χ4v) is 2.52. The Hall–Kier alpha value is -1.84. The van der Waals surface area contributed by atoms with Crippen molar-refractivity contribution >= 4 is 39.9 Å². The summed E-state index contributed by atoms with van der Waals surface area (Å²) >= 11 is 11.8. The second kappa shape index (κ2) is 5.27. The number of furan rings is 1. The highest BCUT2D eigenvalue weighted by molar-refractivity contribution is 6.37. The number of aromatic hydroxyl groups is 1. The summed E-state index contributed by atoms with van der Waals surface area (Å²) in [6.07, 6.45) is 1.72. The van der Waals surface area contributed by atoms with E-state index in [0.29, 0.717) is 6.54 Å². The van der Waals surface area contributed by atoms with Gasteiger partial charge in [0, 0.05) is 23.2 Å². The van der Waals surface area contributed by atoms with Gasteiger partial charge >= 0.3 is 0 Å². The molecule has 0 radical (unpaired) electrons. The third kappa shape index (κ3) is 2.42. The summed E-state index contributed by atoms with van der Waals surface area (Å²) in [5, 5.41) is 14.2. The molecule has 0 unspecified atom stereocenters. The second-order valence-corrected chi connectivity index (χ2v) is 5.21. The lowest BCUT2D eigenvalue weighted by Crippen LogP contribution is -1.98. The van der Waals surface area contributed by atoms with Gasteiger partial charge in [-0.1, -0.05) is 41.4 Å². The molecule has 0 fully saturated rings. The van der Waals surface area contributed by atoms with Crippen LogP contribution in [-0.2, 0) is 6.54 Å². The highest BCUT2D eigenvalue weighted by Crippen LogP contribution is 2.35. The predicted molar refractivity (Wildman–Crippen MR) is 81.7 cm³/mol. The van der Waals surface area contributed by atoms with Gasteiger partial charge < -0.3 is 14.8 Å². The predicted octanol–water partition coefficient (Wildman–Crippen LogP) is 5.06. The minimum atomic E-state index is -0.104. The van der Waals surface area contributed by atoms with Crippen LogP contribution in [0.4, 0.5) is 5.69 Å². The first-order chi connectivity index (χ1) is 9.65. The average Bonchev–Trinajstić information content (AvgIpc) is 2.85. The zero-order chi connectivity index (χ0) is 14.1. The molecule has 20 heavy (non-hydrogen) atoms. The zero-order valence-corrected chi connectivity index (χ0v) is 11.9. The van der Waals surface area contributed by atoms with E-state index in [1.54, 1.807) is 18.4 Å². The number of benzene rings is 2. The maximum atomic E-state index is 9.52. The van der Waals surface area contributed by atoms with Crippen LogP contribution >= 0.6 is 23.2 Å². The molecule has 5 heteroatoms. The number of nitrogens with one attached hydrogen (secondary N) is 1. The summed E-state index contributed by atoms with van der Waals surface area (Å²) in [6, 6.07) is 11.1. The standard InChI is InChI=1S/C15H11Cl2NO2/c16-12-5-10(6-13(17)15(12)19)18-7-9-8-20-14-4-2-1-3-11(9)14/h1-6,8,18-19H,7H2. The third-order valence-electron chi connectivity index (χ3n) is 3.06. The summed E-state index contributed by atoms with van der Waals surface area (Å²) < 4.78 is 5.47. The van der Waals surface area contributed by atoms with Crippen LogP contribution in [0.5, 0.6) is 5.75 Å². The van der Waals surface area contributed by atoms with Crippen LogP contribution in [0.3, 0.4) is 0 Å². The molecule has 0 aliphatic heterocycles. The molecular weight excluding hydrogens is 297 g/mol. The van der Waals surface area contributed by atoms with Gasteiger partial charge in [-0.2, -0.15) is 0 Å². The first-order valence-electron chi connectivity index (χ1n) is 6.02. The summed E-state index contributed by atoms with van der Waals surface area (Å²) in [7, 11) is 0. The van der Waals surface area contributed by atoms with Gasteiger partial charge in [0.1, 0.15) is 5.58 Å². The molecule has 0 saturated carbocycles. The van der Waals surface area contributed by atoms with Gasteiger partial charge in [-0.15, -0.1) is 0 Å². The summed E-state index contributed by atoms with van der Waals surface area (Å²) in [5.41, 5.74) is 2.63. The fourth-order valence-electron chi connectivity index (χ4n) is 2.03. The summed E-state index contributed by atoms with van der Waals surface area (Å²) in [6.45, 7) is 0.578. The van der Waals surface area contributed by atoms with Crippen LogP contribution in [0, 0.1) is 0 Å². The topological polar surface area (TPSA) is 45.4 Å². The first kappa shape index (κ1) is 13.2. The molecule has 0 amide bonds. The summed E-state index contributed by atoms with van der Waals surface area (Å²) in [5.74, 6) is -0.104. The number of halogens is 2. The number of para-hydroxylation sites is 1. The van der Waals surface area contributed by atoms with E-state index in [2.05, 4.69) is 5.32 Å². The van der Waals surface area contributed by atoms with Crippen LogP contribution < -0.4 is 5.32 Å². The SMILES string of the molecule is Oc1c(Cl)cc(NCc2coc3ccccc23)cc1Cl. The minimum absolute atomic E-state index is 0.104. The Morgan fingerprint density at radius 1 is 1.10 bits per heavy atom. The molecule has 2 N–H and O–H groups in total. The Bertz CT molecular complexity index is 744. The van der Waals surface area contributed by atoms with Crippen molar-refractivity contribution in [2.75, 3.05) is 5.32 Å². The first-order valence-corrected chi connectivity index (χ1v) is 6.78. The number of hydrogen-bond donors (Lipinski definition) is 2. The molecule has 0 aliphatic carbocycles. The molecule has 0 aliphatic rings. The van der Waals surface area contributed by atoms with E-state index < -0.39 is 0 Å². The molecule has 3 nitrogen and oxygen atoms in total. The average molecular weight is 308 g/mol. The van der Waals surface area contributed by atoms with E-state index in [-0.39, 0.29) is 15.8 Å². The van der Waals surface area contributed by atoms with E-state index in [1.165, 1.54) is 0 Å². The van der Waals surface area contributed by atoms with Crippen molar-refractivity contribution in [3.05, 3.63) is 58.3 Å². The van der Waals surface area contributed by atoms with Crippen molar-refractivity contribution in [1.29, 1.82) is 0 Å². The van der Waals surface area contributed by atoms with Crippen molar-refractivity contribution in [1.82, 2.24) is 0 Å². The van der Waals surface area contributed by atoms with Crippen molar-refractivity contribution in [2.24, 2.45) is 0 Å². The Morgan fingerprint density at radius 2 is 1.80 bits per heavy atom. The maximum absolute atomic E-state index is 9.52. The molecule has 0 atom stereocenters. The molecule has 0 saturated heterocycles. The summed E-state index contributed by atoms with van der Waals surface area (Å²) in [4.78, 5) is 0. The van der Waals surface area contributed by atoms with Gasteiger partial charge in [0.15, 0.2) is 5.75 Å². The molecular formula is C15H11Cl2NO2. The molecule has 3 aromatic rings. The molecule has 0 bridgehead atoms. The van der Waals surface area contributed by atoms with Crippen LogP contribution in [0.25, 0.3) is 11.0 Å². The number of hydrogen-bond acceptors (Lipinski definition) is 3. The number of phenols is 1. The monoisotopic (exact) mass is 307 g/mol. The van der Waals surface area contributed by atoms with Gasteiger partial charge in [-0.3, -0.25) is 0 Å². The van der Waals surface area contributed by atoms with Crippen molar-refractivity contribution < 1.29 is 9.52 Å². The number of phenolic OH excluding ortho intramolecular Hbond substituents is 1. The van der Waals surface area contributed by atoms with E-state index in [4.69, 9.17) is 27.6 Å². The largest absolute Gasteiger partial charge is 0.505 e. The van der Waals surface area contributed by atoms with Gasteiger partial charge in [0.2, 0.25) is 0 Å². The van der Waals surface area contributed by atoms with Gasteiger partial charge in [0.05, 0.1) is 16.3 Å². The van der Waals surface area contributed by atoms with Crippen LogP contribution in [0.1, 0.15) is 5.56 Å². The van der Waals surface area contributed by atoms with Crippen LogP contribution in [0.15, 0.2) is 47.1 Å². The van der Waals surface area contributed by atoms with Crippen molar-refractivity contribution in [3.8, 4) is 5.75 Å². The normalized spacial score (nSPS) is 10.9. The highest BCUT2D eigenvalue weighted by atomic mass is 35.5. The quantitative estimate of drug-likeness (QED) is 0.665. The van der Waals surface area contributed by atoms with Crippen LogP contribution in [0.2, 0.25) is 10.0 Å². The van der Waals surface area contributed by atoms with E-state index >= 15 is 0 Å². The molecule has 1 heterocycles. The van der Waals surface area contributed by atoms with Gasteiger partial charge in [0.25, 0.3) is 0 Å². The fraction of sp³-hybridized carbons (Fsp3) is 0.0667. The molecule has 1 aromatic heterocycles. The van der Waals surface area contributed by atoms with Crippen molar-refractivity contribution in [3.63, 3.8) is 0 Å². The third-order valence-corrected chi connectivity index (χ3v) is 3.64. The number of rotatable bonds is 3. The smallest absolute Gasteiger partial charge is 0.152 e. The van der Waals surface area contributed by atoms with E-state index in [9.17, 15) is 5.11 Å². The number of anilines is 1. The van der Waals surface area contributed by atoms with E-state index in [0.717, 1.165) is 22.2 Å². The minimum Gasteiger partial charge on any atom is -0.505 e. The Balaban J connectivity index is 1.83. The number of fused-ring (bicyclic) bond motifs is 1. The lowest BCUT2D eigenvalue weighted by atomic mass is 10.2. The van der Waals surface area contributed by atoms with Crippen molar-refractivity contribution in [2.45, 2.75) is 6.54 Å².